The molecule has 13 heavy (non-hydrogen) atoms. The quantitative estimate of drug-likeness (QED) is 0.509. The van der Waals surface area contributed by atoms with Gasteiger partial charge in [-0.25, -0.2) is 0 Å². The smallest absolute Gasteiger partial charge is 0.188 e. The van der Waals surface area contributed by atoms with Gasteiger partial charge in [-0.3, -0.25) is 0 Å². The van der Waals surface area contributed by atoms with Gasteiger partial charge in [-0.2, -0.15) is 0 Å². The molecule has 1 aromatic carbocycles. The fraction of sp³-hybridized carbons (Fsp3) is 0.273. The summed E-state index contributed by atoms with van der Waals surface area (Å²) in [5.74, 6) is 0.834. The normalized spacial score (nSPS) is 9.62. The fourth-order valence-corrected chi connectivity index (χ4v) is 1.06. The highest BCUT2D eigenvalue weighted by Gasteiger charge is 1.94. The molecular formula is C11H14O2. The van der Waals surface area contributed by atoms with E-state index in [1.807, 2.05) is 30.3 Å². The van der Waals surface area contributed by atoms with Crippen molar-refractivity contribution in [3.05, 3.63) is 42.5 Å². The van der Waals surface area contributed by atoms with E-state index < -0.39 is 0 Å². The van der Waals surface area contributed by atoms with Gasteiger partial charge in [-0.15, -0.1) is 6.58 Å². The Labute approximate surface area is 78.8 Å². The lowest BCUT2D eigenvalue weighted by atomic mass is 10.1. The molecule has 0 heterocycles. The molecule has 0 saturated carbocycles. The number of benzene rings is 1. The van der Waals surface area contributed by atoms with Gasteiger partial charge in [-0.1, -0.05) is 18.2 Å². The molecule has 70 valence electrons. The van der Waals surface area contributed by atoms with E-state index in [0.29, 0.717) is 0 Å². The van der Waals surface area contributed by atoms with E-state index >= 15 is 0 Å². The molecule has 0 saturated heterocycles. The van der Waals surface area contributed by atoms with Crippen LogP contribution in [-0.2, 0) is 11.2 Å². The number of methoxy groups -OCH3 is 1. The van der Waals surface area contributed by atoms with Gasteiger partial charge in [-0.05, 0) is 24.1 Å². The predicted molar refractivity (Wildman–Crippen MR) is 52.8 cm³/mol. The van der Waals surface area contributed by atoms with Crippen LogP contribution in [0.25, 0.3) is 0 Å². The van der Waals surface area contributed by atoms with E-state index in [4.69, 9.17) is 9.47 Å². The van der Waals surface area contributed by atoms with Crippen molar-refractivity contribution in [2.24, 2.45) is 0 Å². The summed E-state index contributed by atoms with van der Waals surface area (Å²) in [6.07, 6.45) is 2.74. The molecular weight excluding hydrogens is 164 g/mol. The molecule has 0 fully saturated rings. The Bertz CT molecular complexity index is 269. The van der Waals surface area contributed by atoms with Crippen LogP contribution in [0, 0.1) is 0 Å². The highest BCUT2D eigenvalue weighted by Crippen LogP contribution is 2.13. The maximum absolute atomic E-state index is 5.29. The van der Waals surface area contributed by atoms with E-state index in [1.165, 1.54) is 5.56 Å². The molecule has 0 amide bonds. The third kappa shape index (κ3) is 3.30. The SMILES string of the molecule is C=CCc1cccc(OCOC)c1. The standard InChI is InChI=1S/C11H14O2/c1-3-5-10-6-4-7-11(8-10)13-9-12-2/h3-4,6-8H,1,5,9H2,2H3. The van der Waals surface area contributed by atoms with Gasteiger partial charge in [0.2, 0.25) is 0 Å². The van der Waals surface area contributed by atoms with Crippen LogP contribution >= 0.6 is 0 Å². The molecule has 2 heteroatoms. The number of allylic oxidation sites excluding steroid dienone is 1. The third-order valence-electron chi connectivity index (χ3n) is 1.62. The van der Waals surface area contributed by atoms with E-state index in [1.54, 1.807) is 7.11 Å². The van der Waals surface area contributed by atoms with Crippen LogP contribution in [0.5, 0.6) is 5.75 Å². The van der Waals surface area contributed by atoms with Gasteiger partial charge in [0.05, 0.1) is 0 Å². The molecule has 0 atom stereocenters. The summed E-state index contributed by atoms with van der Waals surface area (Å²) in [6, 6.07) is 7.90. The molecule has 0 radical (unpaired) electrons. The Morgan fingerprint density at radius 1 is 1.46 bits per heavy atom. The predicted octanol–water partition coefficient (Wildman–Crippen LogP) is 2.40. The van der Waals surface area contributed by atoms with E-state index in [9.17, 15) is 0 Å². The van der Waals surface area contributed by atoms with Gasteiger partial charge in [0.15, 0.2) is 6.79 Å². The van der Waals surface area contributed by atoms with Gasteiger partial charge in [0.25, 0.3) is 0 Å². The van der Waals surface area contributed by atoms with Crippen LogP contribution < -0.4 is 4.74 Å². The lowest BCUT2D eigenvalue weighted by molar-refractivity contribution is 0.0511. The molecule has 1 rings (SSSR count). The number of rotatable bonds is 5. The maximum Gasteiger partial charge on any atom is 0.188 e. The first-order valence-electron chi connectivity index (χ1n) is 4.18. The summed E-state index contributed by atoms with van der Waals surface area (Å²) in [4.78, 5) is 0. The van der Waals surface area contributed by atoms with Crippen LogP contribution in [0.4, 0.5) is 0 Å². The maximum atomic E-state index is 5.29. The monoisotopic (exact) mass is 178 g/mol. The molecule has 0 N–H and O–H groups in total. The molecule has 1 aromatic rings. The first-order chi connectivity index (χ1) is 6.36. The zero-order chi connectivity index (χ0) is 9.52. The van der Waals surface area contributed by atoms with Crippen molar-refractivity contribution in [1.29, 1.82) is 0 Å². The van der Waals surface area contributed by atoms with Crippen molar-refractivity contribution in [3.63, 3.8) is 0 Å². The number of hydrogen-bond acceptors (Lipinski definition) is 2. The second kappa shape index (κ2) is 5.38. The van der Waals surface area contributed by atoms with Crippen molar-refractivity contribution in [1.82, 2.24) is 0 Å². The van der Waals surface area contributed by atoms with Gasteiger partial charge in [0, 0.05) is 7.11 Å². The second-order valence-electron chi connectivity index (χ2n) is 2.69. The number of ether oxygens (including phenoxy) is 2. The fourth-order valence-electron chi connectivity index (χ4n) is 1.06. The zero-order valence-corrected chi connectivity index (χ0v) is 7.82. The topological polar surface area (TPSA) is 18.5 Å². The first-order valence-corrected chi connectivity index (χ1v) is 4.18. The summed E-state index contributed by atoms with van der Waals surface area (Å²) >= 11 is 0. The van der Waals surface area contributed by atoms with Gasteiger partial charge < -0.3 is 9.47 Å². The van der Waals surface area contributed by atoms with Gasteiger partial charge >= 0.3 is 0 Å². The van der Waals surface area contributed by atoms with Crippen LogP contribution in [-0.4, -0.2) is 13.9 Å². The van der Waals surface area contributed by atoms with E-state index in [-0.39, 0.29) is 6.79 Å². The molecule has 2 nitrogen and oxygen atoms in total. The van der Waals surface area contributed by atoms with Crippen LogP contribution in [0.15, 0.2) is 36.9 Å². The molecule has 0 aliphatic heterocycles. The Hall–Kier alpha value is -1.28. The summed E-state index contributed by atoms with van der Waals surface area (Å²) in [7, 11) is 1.60. The Balaban J connectivity index is 2.61. The largest absolute Gasteiger partial charge is 0.468 e. The number of hydrogen-bond donors (Lipinski definition) is 0. The lowest BCUT2D eigenvalue weighted by Gasteiger charge is -2.05. The summed E-state index contributed by atoms with van der Waals surface area (Å²) in [6.45, 7) is 3.97. The van der Waals surface area contributed by atoms with Crippen LogP contribution in [0.2, 0.25) is 0 Å². The van der Waals surface area contributed by atoms with Crippen LogP contribution in [0.1, 0.15) is 5.56 Å². The molecule has 0 unspecified atom stereocenters. The van der Waals surface area contributed by atoms with Crippen molar-refractivity contribution < 1.29 is 9.47 Å². The highest BCUT2D eigenvalue weighted by atomic mass is 16.7. The summed E-state index contributed by atoms with van der Waals surface area (Å²) in [5, 5.41) is 0. The molecule has 0 bridgehead atoms. The first kappa shape index (κ1) is 9.81. The van der Waals surface area contributed by atoms with Crippen molar-refractivity contribution in [3.8, 4) is 5.75 Å². The van der Waals surface area contributed by atoms with E-state index in [2.05, 4.69) is 6.58 Å². The lowest BCUT2D eigenvalue weighted by Crippen LogP contribution is -1.98. The Morgan fingerprint density at radius 3 is 3.00 bits per heavy atom. The highest BCUT2D eigenvalue weighted by molar-refractivity contribution is 5.29. The Kier molecular flexibility index (Phi) is 4.06. The van der Waals surface area contributed by atoms with Crippen molar-refractivity contribution in [2.75, 3.05) is 13.9 Å². The van der Waals surface area contributed by atoms with Crippen molar-refractivity contribution in [2.45, 2.75) is 6.42 Å². The molecule has 0 aromatic heterocycles. The minimum atomic E-state index is 0.289. The molecule has 0 spiro atoms. The molecule has 0 aliphatic carbocycles. The summed E-state index contributed by atoms with van der Waals surface area (Å²) in [5.41, 5.74) is 1.20. The molecule has 0 aliphatic rings. The van der Waals surface area contributed by atoms with Crippen molar-refractivity contribution >= 4 is 0 Å². The van der Waals surface area contributed by atoms with Gasteiger partial charge in [0.1, 0.15) is 5.75 Å². The second-order valence-corrected chi connectivity index (χ2v) is 2.69. The Morgan fingerprint density at radius 2 is 2.31 bits per heavy atom. The van der Waals surface area contributed by atoms with Crippen LogP contribution in [0.3, 0.4) is 0 Å². The minimum Gasteiger partial charge on any atom is -0.468 e. The third-order valence-corrected chi connectivity index (χ3v) is 1.62. The average molecular weight is 178 g/mol. The zero-order valence-electron chi connectivity index (χ0n) is 7.82. The average Bonchev–Trinajstić information content (AvgIpc) is 2.16. The minimum absolute atomic E-state index is 0.289. The summed E-state index contributed by atoms with van der Waals surface area (Å²) < 4.78 is 10.1. The van der Waals surface area contributed by atoms with E-state index in [0.717, 1.165) is 12.2 Å².